The molecule has 1 aliphatic heterocycles. The topological polar surface area (TPSA) is 29.5 Å². The van der Waals surface area contributed by atoms with Crippen molar-refractivity contribution < 1.29 is 9.63 Å². The molecule has 0 unspecified atom stereocenters. The van der Waals surface area contributed by atoms with E-state index in [-0.39, 0.29) is 5.91 Å². The van der Waals surface area contributed by atoms with Gasteiger partial charge in [-0.2, -0.15) is 0 Å². The summed E-state index contributed by atoms with van der Waals surface area (Å²) in [6.07, 6.45) is 10.3. The summed E-state index contributed by atoms with van der Waals surface area (Å²) in [6, 6.07) is 0. The van der Waals surface area contributed by atoms with E-state index in [1.165, 1.54) is 5.06 Å². The summed E-state index contributed by atoms with van der Waals surface area (Å²) in [5, 5.41) is 1.50. The molecule has 0 aromatic heterocycles. The van der Waals surface area contributed by atoms with E-state index >= 15 is 0 Å². The molecule has 14 heavy (non-hydrogen) atoms. The van der Waals surface area contributed by atoms with Crippen LogP contribution in [0.25, 0.3) is 0 Å². The van der Waals surface area contributed by atoms with Crippen molar-refractivity contribution in [1.29, 1.82) is 0 Å². The maximum Gasteiger partial charge on any atom is 0.246 e. The fourth-order valence-corrected chi connectivity index (χ4v) is 1.42. The smallest absolute Gasteiger partial charge is 0.246 e. The third kappa shape index (κ3) is 3.80. The molecule has 0 aliphatic carbocycles. The summed E-state index contributed by atoms with van der Waals surface area (Å²) >= 11 is 0. The second-order valence-corrected chi connectivity index (χ2v) is 3.45. The average Bonchev–Trinajstić information content (AvgIpc) is 2.25. The van der Waals surface area contributed by atoms with Crippen LogP contribution in [0.1, 0.15) is 38.5 Å². The molecule has 1 amide bonds. The van der Waals surface area contributed by atoms with Crippen molar-refractivity contribution in [2.24, 2.45) is 0 Å². The molecule has 0 aromatic carbocycles. The Bertz CT molecular complexity index is 214. The van der Waals surface area contributed by atoms with Crippen molar-refractivity contribution in [3.63, 3.8) is 0 Å². The second kappa shape index (κ2) is 6.44. The number of carbonyl (C=O) groups is 1. The Morgan fingerprint density at radius 3 is 2.93 bits per heavy atom. The number of unbranched alkanes of at least 4 members (excludes halogenated alkanes) is 2. The fraction of sp³-hybridized carbons (Fsp3) is 0.727. The first-order chi connectivity index (χ1) is 6.84. The summed E-state index contributed by atoms with van der Waals surface area (Å²) in [5.74, 6) is 2.66. The molecular weight excluding hydrogens is 178 g/mol. The Hall–Kier alpha value is -1.01. The predicted molar refractivity (Wildman–Crippen MR) is 54.2 cm³/mol. The molecule has 3 heteroatoms. The molecule has 0 aromatic rings. The lowest BCUT2D eigenvalue weighted by Crippen LogP contribution is -2.35. The highest BCUT2D eigenvalue weighted by Crippen LogP contribution is 2.09. The van der Waals surface area contributed by atoms with Crippen LogP contribution < -0.4 is 0 Å². The van der Waals surface area contributed by atoms with Gasteiger partial charge in [-0.3, -0.25) is 9.63 Å². The van der Waals surface area contributed by atoms with Crippen molar-refractivity contribution in [3.8, 4) is 12.3 Å². The van der Waals surface area contributed by atoms with Gasteiger partial charge in [0, 0.05) is 19.4 Å². The van der Waals surface area contributed by atoms with E-state index in [9.17, 15) is 4.79 Å². The highest BCUT2D eigenvalue weighted by atomic mass is 16.7. The molecule has 1 aliphatic rings. The molecular formula is C11H17NO2. The van der Waals surface area contributed by atoms with Gasteiger partial charge in [-0.05, 0) is 25.7 Å². The van der Waals surface area contributed by atoms with Gasteiger partial charge in [-0.1, -0.05) is 0 Å². The van der Waals surface area contributed by atoms with Crippen LogP contribution in [0.3, 0.4) is 0 Å². The zero-order chi connectivity index (χ0) is 10.2. The van der Waals surface area contributed by atoms with Gasteiger partial charge >= 0.3 is 0 Å². The van der Waals surface area contributed by atoms with E-state index in [0.717, 1.165) is 38.6 Å². The predicted octanol–water partition coefficient (Wildman–Crippen LogP) is 1.73. The number of amides is 1. The van der Waals surface area contributed by atoms with Crippen LogP contribution in [0.15, 0.2) is 0 Å². The lowest BCUT2D eigenvalue weighted by molar-refractivity contribution is -0.197. The third-order valence-electron chi connectivity index (χ3n) is 2.24. The maximum atomic E-state index is 11.5. The number of nitrogens with zero attached hydrogens (tertiary/aromatic N) is 1. The van der Waals surface area contributed by atoms with Crippen LogP contribution in [0, 0.1) is 12.3 Å². The minimum Gasteiger partial charge on any atom is -0.273 e. The maximum absolute atomic E-state index is 11.5. The third-order valence-corrected chi connectivity index (χ3v) is 2.24. The molecule has 78 valence electrons. The number of rotatable bonds is 4. The summed E-state index contributed by atoms with van der Waals surface area (Å²) in [4.78, 5) is 16.8. The molecule has 1 fully saturated rings. The quantitative estimate of drug-likeness (QED) is 0.505. The number of terminal acetylenes is 1. The Morgan fingerprint density at radius 2 is 2.29 bits per heavy atom. The highest BCUT2D eigenvalue weighted by molar-refractivity contribution is 5.75. The molecule has 0 spiro atoms. The van der Waals surface area contributed by atoms with Gasteiger partial charge < -0.3 is 0 Å². The lowest BCUT2D eigenvalue weighted by atomic mass is 10.2. The van der Waals surface area contributed by atoms with E-state index < -0.39 is 0 Å². The summed E-state index contributed by atoms with van der Waals surface area (Å²) in [6.45, 7) is 1.42. The first kappa shape index (κ1) is 11.1. The van der Waals surface area contributed by atoms with Gasteiger partial charge in [0.25, 0.3) is 0 Å². The first-order valence-electron chi connectivity index (χ1n) is 5.21. The van der Waals surface area contributed by atoms with Gasteiger partial charge in [0.1, 0.15) is 0 Å². The molecule has 1 saturated heterocycles. The monoisotopic (exact) mass is 195 g/mol. The van der Waals surface area contributed by atoms with Gasteiger partial charge in [-0.15, -0.1) is 12.3 Å². The standard InChI is InChI=1S/C11H17NO2/c1-2-3-4-5-8-11(13)12-9-6-7-10-14-12/h1H,3-10H2. The zero-order valence-electron chi connectivity index (χ0n) is 8.50. The van der Waals surface area contributed by atoms with Crippen LogP contribution >= 0.6 is 0 Å². The SMILES string of the molecule is C#CCCCCC(=O)N1CCCCO1. The minimum absolute atomic E-state index is 0.0988. The van der Waals surface area contributed by atoms with Gasteiger partial charge in [-0.25, -0.2) is 5.06 Å². The van der Waals surface area contributed by atoms with E-state index in [2.05, 4.69) is 5.92 Å². The van der Waals surface area contributed by atoms with Crippen molar-refractivity contribution in [2.45, 2.75) is 38.5 Å². The first-order valence-corrected chi connectivity index (χ1v) is 5.21. The normalized spacial score (nSPS) is 16.4. The molecule has 0 radical (unpaired) electrons. The van der Waals surface area contributed by atoms with E-state index in [1.807, 2.05) is 0 Å². The van der Waals surface area contributed by atoms with Crippen LogP contribution in [0.4, 0.5) is 0 Å². The summed E-state index contributed by atoms with van der Waals surface area (Å²) < 4.78 is 0. The lowest BCUT2D eigenvalue weighted by Gasteiger charge is -2.25. The largest absolute Gasteiger partial charge is 0.273 e. The molecule has 0 atom stereocenters. The Kier molecular flexibility index (Phi) is 5.09. The van der Waals surface area contributed by atoms with E-state index in [0.29, 0.717) is 13.0 Å². The van der Waals surface area contributed by atoms with Gasteiger partial charge in [0.05, 0.1) is 6.61 Å². The van der Waals surface area contributed by atoms with Crippen molar-refractivity contribution >= 4 is 5.91 Å². The Labute approximate surface area is 85.4 Å². The Morgan fingerprint density at radius 1 is 1.43 bits per heavy atom. The van der Waals surface area contributed by atoms with E-state index in [1.54, 1.807) is 0 Å². The summed E-state index contributed by atoms with van der Waals surface area (Å²) in [7, 11) is 0. The van der Waals surface area contributed by atoms with Crippen molar-refractivity contribution in [1.82, 2.24) is 5.06 Å². The molecule has 1 rings (SSSR count). The van der Waals surface area contributed by atoms with Gasteiger partial charge in [0.15, 0.2) is 0 Å². The average molecular weight is 195 g/mol. The van der Waals surface area contributed by atoms with Crippen LogP contribution in [0.5, 0.6) is 0 Å². The van der Waals surface area contributed by atoms with Crippen molar-refractivity contribution in [2.75, 3.05) is 13.2 Å². The van der Waals surface area contributed by atoms with E-state index in [4.69, 9.17) is 11.3 Å². The molecule has 1 heterocycles. The van der Waals surface area contributed by atoms with Crippen LogP contribution in [0.2, 0.25) is 0 Å². The number of hydrogen-bond donors (Lipinski definition) is 0. The van der Waals surface area contributed by atoms with Crippen LogP contribution in [-0.2, 0) is 9.63 Å². The molecule has 0 bridgehead atoms. The van der Waals surface area contributed by atoms with Crippen molar-refractivity contribution in [3.05, 3.63) is 0 Å². The zero-order valence-corrected chi connectivity index (χ0v) is 8.50. The molecule has 0 saturated carbocycles. The Balaban J connectivity index is 2.11. The number of hydroxylamine groups is 2. The van der Waals surface area contributed by atoms with Crippen LogP contribution in [-0.4, -0.2) is 24.1 Å². The summed E-state index contributed by atoms with van der Waals surface area (Å²) in [5.41, 5.74) is 0. The number of carbonyl (C=O) groups excluding carboxylic acids is 1. The fourth-order valence-electron chi connectivity index (χ4n) is 1.42. The second-order valence-electron chi connectivity index (χ2n) is 3.45. The molecule has 0 N–H and O–H groups in total. The highest BCUT2D eigenvalue weighted by Gasteiger charge is 2.16. The molecule has 3 nitrogen and oxygen atoms in total. The minimum atomic E-state index is 0.0988. The van der Waals surface area contributed by atoms with Gasteiger partial charge in [0.2, 0.25) is 5.91 Å². The number of hydrogen-bond acceptors (Lipinski definition) is 2.